The zero-order chi connectivity index (χ0) is 15.8. The van der Waals surface area contributed by atoms with Crippen LogP contribution in [0.5, 0.6) is 0 Å². The molecular formula is C15H28N6O. The maximum absolute atomic E-state index is 5.40. The van der Waals surface area contributed by atoms with E-state index < -0.39 is 0 Å². The van der Waals surface area contributed by atoms with Crippen LogP contribution in [0.3, 0.4) is 0 Å². The van der Waals surface area contributed by atoms with Gasteiger partial charge in [-0.15, -0.1) is 0 Å². The summed E-state index contributed by atoms with van der Waals surface area (Å²) in [5.74, 6) is 0.853. The average Bonchev–Trinajstić information content (AvgIpc) is 2.96. The number of aromatic nitrogens is 2. The van der Waals surface area contributed by atoms with E-state index >= 15 is 0 Å². The van der Waals surface area contributed by atoms with Gasteiger partial charge in [0.25, 0.3) is 0 Å². The van der Waals surface area contributed by atoms with Crippen molar-refractivity contribution < 1.29 is 4.74 Å². The predicted octanol–water partition coefficient (Wildman–Crippen LogP) is 0.196. The van der Waals surface area contributed by atoms with Crippen molar-refractivity contribution >= 4 is 5.96 Å². The number of nitrogens with zero attached hydrogens (tertiary/aromatic N) is 4. The molecule has 1 unspecified atom stereocenters. The number of nitrogens with one attached hydrogen (secondary N) is 2. The van der Waals surface area contributed by atoms with E-state index in [9.17, 15) is 0 Å². The number of morpholine rings is 1. The molecule has 2 N–H and O–H groups in total. The number of ether oxygens (including phenoxy) is 1. The highest BCUT2D eigenvalue weighted by Crippen LogP contribution is 2.02. The summed E-state index contributed by atoms with van der Waals surface area (Å²) in [7, 11) is 1.92. The van der Waals surface area contributed by atoms with E-state index in [4.69, 9.17) is 4.74 Å². The van der Waals surface area contributed by atoms with Crippen molar-refractivity contribution in [3.8, 4) is 0 Å². The summed E-state index contributed by atoms with van der Waals surface area (Å²) >= 11 is 0. The highest BCUT2D eigenvalue weighted by Gasteiger charge is 2.16. The minimum Gasteiger partial charge on any atom is -0.379 e. The molecule has 0 aromatic carbocycles. The number of aryl methyl sites for hydroxylation is 1. The summed E-state index contributed by atoms with van der Waals surface area (Å²) in [5, 5.41) is 10.9. The second-order valence-electron chi connectivity index (χ2n) is 5.60. The van der Waals surface area contributed by atoms with Gasteiger partial charge in [0.15, 0.2) is 5.96 Å². The maximum Gasteiger partial charge on any atom is 0.191 e. The summed E-state index contributed by atoms with van der Waals surface area (Å²) in [4.78, 5) is 7.06. The summed E-state index contributed by atoms with van der Waals surface area (Å²) in [6.07, 6.45) is 3.84. The number of aliphatic imine (C=N–C) groups is 1. The van der Waals surface area contributed by atoms with Crippen molar-refractivity contribution in [3.05, 3.63) is 18.0 Å². The molecule has 1 aliphatic heterocycles. The minimum absolute atomic E-state index is 0.464. The topological polar surface area (TPSA) is 66.7 Å². The standard InChI is InChI=1S/C15H28N6O/c1-4-16-15(18-10-14-11-19-20(3)12-14)17-9-13(2)21-5-7-22-8-6-21/h11-13H,4-10H2,1-3H3,(H2,16,17,18). The maximum atomic E-state index is 5.40. The molecule has 7 heteroatoms. The fourth-order valence-electron chi connectivity index (χ4n) is 2.46. The van der Waals surface area contributed by atoms with Crippen LogP contribution in [-0.2, 0) is 18.3 Å². The molecule has 124 valence electrons. The number of rotatable bonds is 6. The summed E-state index contributed by atoms with van der Waals surface area (Å²) in [5.41, 5.74) is 1.11. The van der Waals surface area contributed by atoms with Crippen molar-refractivity contribution in [2.45, 2.75) is 26.4 Å². The van der Waals surface area contributed by atoms with Crippen LogP contribution in [0.1, 0.15) is 19.4 Å². The van der Waals surface area contributed by atoms with Gasteiger partial charge in [-0.1, -0.05) is 0 Å². The van der Waals surface area contributed by atoms with Crippen LogP contribution in [0.25, 0.3) is 0 Å². The van der Waals surface area contributed by atoms with E-state index in [-0.39, 0.29) is 0 Å². The Balaban J connectivity index is 1.82. The molecule has 22 heavy (non-hydrogen) atoms. The van der Waals surface area contributed by atoms with Gasteiger partial charge in [0.2, 0.25) is 0 Å². The smallest absolute Gasteiger partial charge is 0.191 e. The zero-order valence-electron chi connectivity index (χ0n) is 13.9. The van der Waals surface area contributed by atoms with Gasteiger partial charge in [0.05, 0.1) is 26.0 Å². The van der Waals surface area contributed by atoms with Gasteiger partial charge in [0.1, 0.15) is 0 Å². The van der Waals surface area contributed by atoms with Crippen LogP contribution in [0.2, 0.25) is 0 Å². The third kappa shape index (κ3) is 5.31. The Morgan fingerprint density at radius 2 is 2.18 bits per heavy atom. The Hall–Kier alpha value is -1.60. The van der Waals surface area contributed by atoms with Crippen LogP contribution in [0, 0.1) is 0 Å². The van der Waals surface area contributed by atoms with Crippen molar-refractivity contribution in [2.75, 3.05) is 39.4 Å². The average molecular weight is 308 g/mol. The quantitative estimate of drug-likeness (QED) is 0.580. The van der Waals surface area contributed by atoms with Gasteiger partial charge < -0.3 is 15.4 Å². The molecule has 1 fully saturated rings. The summed E-state index contributed by atoms with van der Waals surface area (Å²) in [6, 6.07) is 0.464. The monoisotopic (exact) mass is 308 g/mol. The number of hydrogen-bond donors (Lipinski definition) is 2. The molecule has 1 atom stereocenters. The Labute approximate surface area is 132 Å². The number of guanidine groups is 1. The second kappa shape index (κ2) is 8.75. The van der Waals surface area contributed by atoms with Crippen molar-refractivity contribution in [3.63, 3.8) is 0 Å². The highest BCUT2D eigenvalue weighted by atomic mass is 16.5. The fourth-order valence-corrected chi connectivity index (χ4v) is 2.46. The van der Waals surface area contributed by atoms with Gasteiger partial charge in [-0.3, -0.25) is 9.58 Å². The van der Waals surface area contributed by atoms with E-state index in [0.717, 1.165) is 50.9 Å². The summed E-state index contributed by atoms with van der Waals surface area (Å²) in [6.45, 7) is 10.4. The van der Waals surface area contributed by atoms with E-state index in [1.807, 2.05) is 19.4 Å². The first-order chi connectivity index (χ1) is 10.7. The first-order valence-electron chi connectivity index (χ1n) is 8.00. The van der Waals surface area contributed by atoms with Gasteiger partial charge in [-0.2, -0.15) is 5.10 Å². The molecule has 1 aliphatic rings. The zero-order valence-corrected chi connectivity index (χ0v) is 13.9. The molecule has 7 nitrogen and oxygen atoms in total. The van der Waals surface area contributed by atoms with Crippen molar-refractivity contribution in [1.29, 1.82) is 0 Å². The molecule has 1 aromatic rings. The molecular weight excluding hydrogens is 280 g/mol. The Kier molecular flexibility index (Phi) is 6.67. The van der Waals surface area contributed by atoms with Crippen LogP contribution >= 0.6 is 0 Å². The first-order valence-corrected chi connectivity index (χ1v) is 8.00. The lowest BCUT2D eigenvalue weighted by atomic mass is 10.2. The molecule has 2 heterocycles. The number of hydrogen-bond acceptors (Lipinski definition) is 4. The predicted molar refractivity (Wildman–Crippen MR) is 87.9 cm³/mol. The first kappa shape index (κ1) is 16.8. The van der Waals surface area contributed by atoms with E-state index in [1.54, 1.807) is 4.68 Å². The third-order valence-corrected chi connectivity index (χ3v) is 3.76. The molecule has 1 saturated heterocycles. The van der Waals surface area contributed by atoms with Gasteiger partial charge >= 0.3 is 0 Å². The molecule has 0 bridgehead atoms. The molecule has 2 rings (SSSR count). The lowest BCUT2D eigenvalue weighted by Crippen LogP contribution is -2.49. The van der Waals surface area contributed by atoms with Crippen LogP contribution in [0.4, 0.5) is 0 Å². The molecule has 0 spiro atoms. The van der Waals surface area contributed by atoms with Crippen LogP contribution < -0.4 is 10.6 Å². The van der Waals surface area contributed by atoms with Crippen molar-refractivity contribution in [1.82, 2.24) is 25.3 Å². The molecule has 0 aliphatic carbocycles. The Morgan fingerprint density at radius 3 is 2.82 bits per heavy atom. The molecule has 0 amide bonds. The van der Waals surface area contributed by atoms with Gasteiger partial charge in [-0.05, 0) is 13.8 Å². The van der Waals surface area contributed by atoms with E-state index in [0.29, 0.717) is 12.6 Å². The van der Waals surface area contributed by atoms with Crippen LogP contribution in [0.15, 0.2) is 17.4 Å². The molecule has 0 saturated carbocycles. The fraction of sp³-hybridized carbons (Fsp3) is 0.733. The third-order valence-electron chi connectivity index (χ3n) is 3.76. The van der Waals surface area contributed by atoms with Crippen molar-refractivity contribution in [2.24, 2.45) is 12.0 Å². The van der Waals surface area contributed by atoms with Gasteiger partial charge in [0, 0.05) is 51.0 Å². The van der Waals surface area contributed by atoms with E-state index in [2.05, 4.69) is 39.5 Å². The van der Waals surface area contributed by atoms with Crippen LogP contribution in [-0.4, -0.2) is 66.1 Å². The Morgan fingerprint density at radius 1 is 1.41 bits per heavy atom. The Bertz CT molecular complexity index is 466. The molecule has 1 aromatic heterocycles. The lowest BCUT2D eigenvalue weighted by Gasteiger charge is -2.32. The van der Waals surface area contributed by atoms with Gasteiger partial charge in [-0.25, -0.2) is 4.99 Å². The summed E-state index contributed by atoms with van der Waals surface area (Å²) < 4.78 is 7.19. The SMILES string of the molecule is CCNC(=NCc1cnn(C)c1)NCC(C)N1CCOCC1. The second-order valence-corrected chi connectivity index (χ2v) is 5.60. The lowest BCUT2D eigenvalue weighted by molar-refractivity contribution is 0.0211. The minimum atomic E-state index is 0.464. The normalized spacial score (nSPS) is 18.2. The van der Waals surface area contributed by atoms with E-state index in [1.165, 1.54) is 0 Å². The highest BCUT2D eigenvalue weighted by molar-refractivity contribution is 5.79. The molecule has 0 radical (unpaired) electrons. The largest absolute Gasteiger partial charge is 0.379 e.